The fourth-order valence-corrected chi connectivity index (χ4v) is 4.00. The molecule has 0 aromatic carbocycles. The van der Waals surface area contributed by atoms with E-state index in [0.717, 1.165) is 0 Å². The van der Waals surface area contributed by atoms with Crippen LogP contribution in [-0.2, 0) is 19.4 Å². The molecule has 0 spiro atoms. The predicted octanol–water partition coefficient (Wildman–Crippen LogP) is 0.124. The van der Waals surface area contributed by atoms with E-state index in [9.17, 15) is 18.3 Å². The van der Waals surface area contributed by atoms with Gasteiger partial charge in [0.25, 0.3) is 0 Å². The monoisotopic (exact) mass is 250 g/mol. The van der Waals surface area contributed by atoms with Gasteiger partial charge in [0.05, 0.1) is 30.1 Å². The zero-order chi connectivity index (χ0) is 12.6. The molecular weight excluding hydrogens is 232 g/mol. The van der Waals surface area contributed by atoms with Gasteiger partial charge < -0.3 is 9.84 Å². The van der Waals surface area contributed by atoms with Crippen molar-refractivity contribution in [1.29, 1.82) is 0 Å². The number of methoxy groups -OCH3 is 1. The van der Waals surface area contributed by atoms with Gasteiger partial charge in [-0.25, -0.2) is 8.42 Å². The van der Waals surface area contributed by atoms with Crippen LogP contribution >= 0.6 is 0 Å². The summed E-state index contributed by atoms with van der Waals surface area (Å²) in [5.41, 5.74) is 0. The summed E-state index contributed by atoms with van der Waals surface area (Å²) in [7, 11) is -1.93. The second-order valence-corrected chi connectivity index (χ2v) is 7.36. The molecule has 1 saturated heterocycles. The molecule has 0 radical (unpaired) electrons. The molecule has 1 rings (SSSR count). The van der Waals surface area contributed by atoms with E-state index < -0.39 is 32.6 Å². The number of aliphatic hydroxyl groups excluding tert-OH is 1. The molecule has 0 aromatic rings. The first kappa shape index (κ1) is 13.4. The van der Waals surface area contributed by atoms with E-state index in [4.69, 9.17) is 0 Å². The van der Waals surface area contributed by atoms with E-state index in [1.165, 1.54) is 7.11 Å². The van der Waals surface area contributed by atoms with Gasteiger partial charge in [-0.3, -0.25) is 4.79 Å². The molecular formula is C10H18O5S. The number of hydrogen-bond acceptors (Lipinski definition) is 5. The molecule has 1 fully saturated rings. The van der Waals surface area contributed by atoms with Crippen molar-refractivity contribution in [3.8, 4) is 0 Å². The van der Waals surface area contributed by atoms with Gasteiger partial charge in [-0.15, -0.1) is 0 Å². The summed E-state index contributed by atoms with van der Waals surface area (Å²) >= 11 is 0. The van der Waals surface area contributed by atoms with Crippen LogP contribution in [0.15, 0.2) is 0 Å². The van der Waals surface area contributed by atoms with Gasteiger partial charge in [0.15, 0.2) is 9.84 Å². The lowest BCUT2D eigenvalue weighted by molar-refractivity contribution is -0.143. The van der Waals surface area contributed by atoms with Crippen molar-refractivity contribution in [2.45, 2.75) is 37.5 Å². The van der Waals surface area contributed by atoms with Crippen molar-refractivity contribution in [2.75, 3.05) is 12.9 Å². The maximum absolute atomic E-state index is 11.7. The Balaban J connectivity index is 2.80. The van der Waals surface area contributed by atoms with Gasteiger partial charge in [0.1, 0.15) is 0 Å². The van der Waals surface area contributed by atoms with Crippen LogP contribution in [-0.4, -0.2) is 43.2 Å². The summed E-state index contributed by atoms with van der Waals surface area (Å²) in [5.74, 6) is -0.854. The van der Waals surface area contributed by atoms with Crippen LogP contribution in [0.2, 0.25) is 0 Å². The number of carbonyl (C=O) groups is 1. The maximum Gasteiger partial charge on any atom is 0.308 e. The molecule has 0 aliphatic carbocycles. The average molecular weight is 250 g/mol. The summed E-state index contributed by atoms with van der Waals surface area (Å²) < 4.78 is 26.9. The molecule has 0 bridgehead atoms. The molecule has 0 aromatic heterocycles. The first-order valence-electron chi connectivity index (χ1n) is 5.19. The Morgan fingerprint density at radius 1 is 1.56 bits per heavy atom. The molecule has 1 N–H and O–H groups in total. The SMILES string of the molecule is COC(=O)C[C@@H](O)C1CCS(=O)(=O)C1(C)C. The Bertz CT molecular complexity index is 371. The van der Waals surface area contributed by atoms with Crippen LogP contribution in [0.4, 0.5) is 0 Å². The smallest absolute Gasteiger partial charge is 0.308 e. The van der Waals surface area contributed by atoms with Crippen LogP contribution in [0.3, 0.4) is 0 Å². The van der Waals surface area contributed by atoms with Crippen molar-refractivity contribution in [2.24, 2.45) is 5.92 Å². The first-order chi connectivity index (χ1) is 7.22. The highest BCUT2D eigenvalue weighted by Crippen LogP contribution is 2.39. The maximum atomic E-state index is 11.7. The average Bonchev–Trinajstić information content (AvgIpc) is 2.36. The highest BCUT2D eigenvalue weighted by molar-refractivity contribution is 7.93. The van der Waals surface area contributed by atoms with Crippen molar-refractivity contribution in [1.82, 2.24) is 0 Å². The Morgan fingerprint density at radius 2 is 2.12 bits per heavy atom. The van der Waals surface area contributed by atoms with Gasteiger partial charge in [-0.1, -0.05) is 0 Å². The number of ether oxygens (including phenoxy) is 1. The van der Waals surface area contributed by atoms with E-state index in [1.54, 1.807) is 13.8 Å². The van der Waals surface area contributed by atoms with Gasteiger partial charge in [-0.2, -0.15) is 0 Å². The summed E-state index contributed by atoms with van der Waals surface area (Å²) in [5, 5.41) is 9.85. The minimum atomic E-state index is -3.17. The normalized spacial score (nSPS) is 28.6. The summed E-state index contributed by atoms with van der Waals surface area (Å²) in [6.07, 6.45) is -0.715. The molecule has 6 heteroatoms. The van der Waals surface area contributed by atoms with Crippen LogP contribution in [0.25, 0.3) is 0 Å². The lowest BCUT2D eigenvalue weighted by Gasteiger charge is -2.29. The third kappa shape index (κ3) is 2.22. The number of rotatable bonds is 3. The van der Waals surface area contributed by atoms with Crippen LogP contribution in [0.1, 0.15) is 26.7 Å². The Hall–Kier alpha value is -0.620. The van der Waals surface area contributed by atoms with Crippen molar-refractivity contribution >= 4 is 15.8 Å². The van der Waals surface area contributed by atoms with Crippen molar-refractivity contribution in [3.05, 3.63) is 0 Å². The lowest BCUT2D eigenvalue weighted by atomic mass is 9.86. The zero-order valence-corrected chi connectivity index (χ0v) is 10.6. The van der Waals surface area contributed by atoms with E-state index in [-0.39, 0.29) is 12.2 Å². The number of aliphatic hydroxyl groups is 1. The molecule has 1 aliphatic rings. The fraction of sp³-hybridized carbons (Fsp3) is 0.900. The van der Waals surface area contributed by atoms with E-state index in [1.807, 2.05) is 0 Å². The van der Waals surface area contributed by atoms with Gasteiger partial charge >= 0.3 is 5.97 Å². The molecule has 16 heavy (non-hydrogen) atoms. The van der Waals surface area contributed by atoms with Crippen LogP contribution < -0.4 is 0 Å². The second-order valence-electron chi connectivity index (χ2n) is 4.67. The van der Waals surface area contributed by atoms with Gasteiger partial charge in [0, 0.05) is 5.92 Å². The number of sulfone groups is 1. The third-order valence-corrected chi connectivity index (χ3v) is 6.14. The van der Waals surface area contributed by atoms with Crippen LogP contribution in [0, 0.1) is 5.92 Å². The Kier molecular flexibility index (Phi) is 3.64. The van der Waals surface area contributed by atoms with E-state index in [2.05, 4.69) is 4.74 Å². The number of carbonyl (C=O) groups excluding carboxylic acids is 1. The van der Waals surface area contributed by atoms with Crippen molar-refractivity contribution in [3.63, 3.8) is 0 Å². The lowest BCUT2D eigenvalue weighted by Crippen LogP contribution is -2.40. The topological polar surface area (TPSA) is 80.7 Å². The molecule has 1 aliphatic heterocycles. The molecule has 5 nitrogen and oxygen atoms in total. The number of esters is 1. The molecule has 0 saturated carbocycles. The summed E-state index contributed by atoms with van der Waals surface area (Å²) in [6, 6.07) is 0. The third-order valence-electron chi connectivity index (χ3n) is 3.46. The summed E-state index contributed by atoms with van der Waals surface area (Å²) in [6.45, 7) is 3.20. The predicted molar refractivity (Wildman–Crippen MR) is 58.6 cm³/mol. The first-order valence-corrected chi connectivity index (χ1v) is 6.85. The molecule has 1 heterocycles. The highest BCUT2D eigenvalue weighted by atomic mass is 32.2. The van der Waals surface area contributed by atoms with Gasteiger partial charge in [0.2, 0.25) is 0 Å². The fourth-order valence-electron chi connectivity index (χ4n) is 2.18. The van der Waals surface area contributed by atoms with Gasteiger partial charge in [-0.05, 0) is 20.3 Å². The second kappa shape index (κ2) is 4.33. The quantitative estimate of drug-likeness (QED) is 0.720. The van der Waals surface area contributed by atoms with Crippen LogP contribution in [0.5, 0.6) is 0 Å². The van der Waals surface area contributed by atoms with Crippen molar-refractivity contribution < 1.29 is 23.1 Å². The zero-order valence-electron chi connectivity index (χ0n) is 9.76. The number of hydrogen-bond donors (Lipinski definition) is 1. The Labute approximate surface area is 95.7 Å². The summed E-state index contributed by atoms with van der Waals surface area (Å²) in [4.78, 5) is 11.0. The minimum Gasteiger partial charge on any atom is -0.469 e. The minimum absolute atomic E-state index is 0.0723. The molecule has 0 amide bonds. The van der Waals surface area contributed by atoms with E-state index >= 15 is 0 Å². The highest BCUT2D eigenvalue weighted by Gasteiger charge is 2.50. The molecule has 1 unspecified atom stereocenters. The molecule has 2 atom stereocenters. The van der Waals surface area contributed by atoms with E-state index in [0.29, 0.717) is 6.42 Å². The largest absolute Gasteiger partial charge is 0.469 e. The molecule has 94 valence electrons. The standard InChI is InChI=1S/C10H18O5S/c1-10(2)7(4-5-16(10,13)14)8(11)6-9(12)15-3/h7-8,11H,4-6H2,1-3H3/t7?,8-/m1/s1. The Morgan fingerprint density at radius 3 is 2.50 bits per heavy atom.